The van der Waals surface area contributed by atoms with Crippen molar-refractivity contribution in [2.45, 2.75) is 37.6 Å². The molecule has 1 aliphatic rings. The number of rotatable bonds is 9. The fraction of sp³-hybridized carbons (Fsp3) is 0.417. The van der Waals surface area contributed by atoms with Gasteiger partial charge in [-0.3, -0.25) is 14.2 Å². The van der Waals surface area contributed by atoms with E-state index >= 15 is 0 Å². The number of aryl methyl sites for hydroxylation is 1. The van der Waals surface area contributed by atoms with Crippen molar-refractivity contribution < 1.29 is 27.5 Å². The minimum atomic E-state index is -3.57. The minimum Gasteiger partial charge on any atom is -0.459 e. The Balaban J connectivity index is 1.45. The molecule has 2 aromatic heterocycles. The van der Waals surface area contributed by atoms with Gasteiger partial charge in [-0.1, -0.05) is 6.42 Å². The van der Waals surface area contributed by atoms with Gasteiger partial charge in [-0.05, 0) is 49.6 Å². The molecule has 0 radical (unpaired) electrons. The van der Waals surface area contributed by atoms with Crippen molar-refractivity contribution >= 4 is 49.1 Å². The molecule has 3 heterocycles. The number of thiophene rings is 1. The average molecular weight is 549 g/mol. The molecule has 0 saturated carbocycles. The van der Waals surface area contributed by atoms with Crippen LogP contribution in [0, 0.1) is 6.92 Å². The number of sulfonamides is 1. The lowest BCUT2D eigenvalue weighted by Crippen LogP contribution is -2.35. The highest BCUT2D eigenvalue weighted by Crippen LogP contribution is 2.27. The summed E-state index contributed by atoms with van der Waals surface area (Å²) in [6.45, 7) is 2.69. The van der Waals surface area contributed by atoms with E-state index in [0.29, 0.717) is 29.2 Å². The number of hydrogen-bond acceptors (Lipinski definition) is 9. The van der Waals surface area contributed by atoms with Crippen LogP contribution in [0.3, 0.4) is 0 Å². The topological polar surface area (TPSA) is 137 Å². The highest BCUT2D eigenvalue weighted by molar-refractivity contribution is 7.89. The van der Waals surface area contributed by atoms with Gasteiger partial charge in [0.2, 0.25) is 15.9 Å². The molecule has 1 aromatic carbocycles. The second-order valence-corrected chi connectivity index (χ2v) is 11.5. The van der Waals surface area contributed by atoms with Crippen molar-refractivity contribution in [1.29, 1.82) is 0 Å². The van der Waals surface area contributed by atoms with E-state index in [4.69, 9.17) is 9.47 Å². The Morgan fingerprint density at radius 2 is 1.81 bits per heavy atom. The number of aromatic nitrogens is 2. The van der Waals surface area contributed by atoms with E-state index in [1.807, 2.05) is 0 Å². The number of nitrogens with one attached hydrogen (secondary N) is 1. The van der Waals surface area contributed by atoms with Crippen LogP contribution in [0.5, 0.6) is 0 Å². The monoisotopic (exact) mass is 548 g/mol. The lowest BCUT2D eigenvalue weighted by Gasteiger charge is -2.25. The summed E-state index contributed by atoms with van der Waals surface area (Å²) in [5, 5.41) is 2.93. The van der Waals surface area contributed by atoms with E-state index < -0.39 is 27.5 Å². The lowest BCUT2D eigenvalue weighted by atomic mass is 10.2. The molecule has 1 aliphatic heterocycles. The third-order valence-electron chi connectivity index (χ3n) is 6.03. The zero-order valence-corrected chi connectivity index (χ0v) is 22.2. The molecule has 1 saturated heterocycles. The molecule has 0 unspecified atom stereocenters. The van der Waals surface area contributed by atoms with Gasteiger partial charge in [0.15, 0.2) is 0 Å². The number of carbonyl (C=O) groups excluding carboxylic acids is 2. The van der Waals surface area contributed by atoms with Crippen LogP contribution in [0.1, 0.15) is 34.5 Å². The Kier molecular flexibility index (Phi) is 8.37. The molecule has 0 aliphatic carbocycles. The highest BCUT2D eigenvalue weighted by Gasteiger charge is 2.26. The Morgan fingerprint density at radius 3 is 2.49 bits per heavy atom. The summed E-state index contributed by atoms with van der Waals surface area (Å²) in [6, 6.07) is 5.95. The van der Waals surface area contributed by atoms with Crippen molar-refractivity contribution in [3.05, 3.63) is 51.4 Å². The fourth-order valence-corrected chi connectivity index (χ4v) is 6.62. The van der Waals surface area contributed by atoms with E-state index in [1.54, 1.807) is 6.92 Å². The summed E-state index contributed by atoms with van der Waals surface area (Å²) >= 11 is 1.05. The number of carbonyl (C=O) groups is 2. The number of ether oxygens (including phenoxy) is 2. The number of nitrogens with zero attached hydrogens (tertiary/aromatic N) is 3. The van der Waals surface area contributed by atoms with Crippen LogP contribution < -0.4 is 10.9 Å². The Bertz CT molecular complexity index is 1460. The minimum absolute atomic E-state index is 0.0893. The number of hydrogen-bond donors (Lipinski definition) is 1. The number of esters is 1. The summed E-state index contributed by atoms with van der Waals surface area (Å²) in [5.41, 5.74) is 0.394. The smallest absolute Gasteiger partial charge is 0.348 e. The summed E-state index contributed by atoms with van der Waals surface area (Å²) in [6.07, 6.45) is 3.97. The summed E-state index contributed by atoms with van der Waals surface area (Å²) in [5.74, 6) is -1.05. The van der Waals surface area contributed by atoms with Gasteiger partial charge in [0.25, 0.3) is 5.56 Å². The molecule has 1 amide bonds. The number of anilines is 1. The fourth-order valence-electron chi connectivity index (χ4n) is 4.07. The molecule has 198 valence electrons. The van der Waals surface area contributed by atoms with Gasteiger partial charge in [0, 0.05) is 25.9 Å². The van der Waals surface area contributed by atoms with E-state index in [1.165, 1.54) is 42.0 Å². The van der Waals surface area contributed by atoms with Gasteiger partial charge in [-0.25, -0.2) is 18.2 Å². The maximum atomic E-state index is 13.0. The van der Waals surface area contributed by atoms with Gasteiger partial charge in [0.05, 0.1) is 23.2 Å². The molecule has 37 heavy (non-hydrogen) atoms. The number of amides is 1. The second-order valence-electron chi connectivity index (χ2n) is 8.58. The maximum Gasteiger partial charge on any atom is 0.348 e. The van der Waals surface area contributed by atoms with Gasteiger partial charge >= 0.3 is 5.97 Å². The second kappa shape index (κ2) is 11.5. The first-order chi connectivity index (χ1) is 17.7. The quantitative estimate of drug-likeness (QED) is 0.318. The van der Waals surface area contributed by atoms with E-state index in [0.717, 1.165) is 35.2 Å². The predicted octanol–water partition coefficient (Wildman–Crippen LogP) is 2.38. The van der Waals surface area contributed by atoms with Gasteiger partial charge in [0.1, 0.15) is 22.9 Å². The van der Waals surface area contributed by atoms with Crippen LogP contribution in [0.4, 0.5) is 5.69 Å². The van der Waals surface area contributed by atoms with E-state index in [2.05, 4.69) is 10.3 Å². The Labute approximate surface area is 218 Å². The van der Waals surface area contributed by atoms with Gasteiger partial charge in [-0.15, -0.1) is 11.3 Å². The molecule has 1 N–H and O–H groups in total. The summed E-state index contributed by atoms with van der Waals surface area (Å²) < 4.78 is 38.3. The molecular weight excluding hydrogens is 520 g/mol. The molecule has 11 nitrogen and oxygen atoms in total. The average Bonchev–Trinajstić information content (AvgIpc) is 3.23. The SMILES string of the molecule is COCCOC(=O)c1sc2ncn(CC(=O)Nc3ccc(S(=O)(=O)N4CCCCC4)cc3)c(=O)c2c1C. The molecule has 13 heteroatoms. The largest absolute Gasteiger partial charge is 0.459 e. The zero-order valence-electron chi connectivity index (χ0n) is 20.6. The molecule has 4 rings (SSSR count). The van der Waals surface area contributed by atoms with Crippen molar-refractivity contribution in [2.24, 2.45) is 0 Å². The number of piperidine rings is 1. The Morgan fingerprint density at radius 1 is 1.11 bits per heavy atom. The molecule has 1 fully saturated rings. The standard InChI is InChI=1S/C24H28N4O7S2/c1-16-20-22(36-21(16)24(31)35-13-12-34-2)25-15-27(23(20)30)14-19(29)26-17-6-8-18(9-7-17)37(32,33)28-10-4-3-5-11-28/h6-9,15H,3-5,10-14H2,1-2H3,(H,26,29). The number of fused-ring (bicyclic) bond motifs is 1. The van der Waals surface area contributed by atoms with Gasteiger partial charge < -0.3 is 14.8 Å². The van der Waals surface area contributed by atoms with Crippen molar-refractivity contribution in [2.75, 3.05) is 38.7 Å². The number of benzene rings is 1. The first-order valence-corrected chi connectivity index (χ1v) is 14.0. The molecule has 0 bridgehead atoms. The molecule has 0 atom stereocenters. The van der Waals surface area contributed by atoms with Crippen LogP contribution >= 0.6 is 11.3 Å². The van der Waals surface area contributed by atoms with Gasteiger partial charge in [-0.2, -0.15) is 4.31 Å². The van der Waals surface area contributed by atoms with Crippen LogP contribution in [-0.2, 0) is 30.8 Å². The van der Waals surface area contributed by atoms with E-state index in [9.17, 15) is 22.8 Å². The third kappa shape index (κ3) is 5.90. The predicted molar refractivity (Wildman–Crippen MR) is 138 cm³/mol. The van der Waals surface area contributed by atoms with Crippen LogP contribution in [0.2, 0.25) is 0 Å². The maximum absolute atomic E-state index is 13.0. The van der Waals surface area contributed by atoms with Crippen molar-refractivity contribution in [3.63, 3.8) is 0 Å². The molecule has 3 aromatic rings. The highest BCUT2D eigenvalue weighted by atomic mass is 32.2. The first kappa shape index (κ1) is 26.9. The third-order valence-corrected chi connectivity index (χ3v) is 9.12. The van der Waals surface area contributed by atoms with Crippen LogP contribution in [-0.4, -0.2) is 67.6 Å². The zero-order chi connectivity index (χ0) is 26.6. The normalized spacial score (nSPS) is 14.5. The Hall–Kier alpha value is -3.13. The molecular formula is C24H28N4O7S2. The summed E-state index contributed by atoms with van der Waals surface area (Å²) in [7, 11) is -2.07. The summed E-state index contributed by atoms with van der Waals surface area (Å²) in [4.78, 5) is 43.1. The van der Waals surface area contributed by atoms with E-state index in [-0.39, 0.29) is 34.9 Å². The van der Waals surface area contributed by atoms with Crippen LogP contribution in [0.25, 0.3) is 10.2 Å². The number of methoxy groups -OCH3 is 1. The lowest BCUT2D eigenvalue weighted by molar-refractivity contribution is -0.116. The van der Waals surface area contributed by atoms with Crippen LogP contribution in [0.15, 0.2) is 40.3 Å². The van der Waals surface area contributed by atoms with Crippen molar-refractivity contribution in [3.8, 4) is 0 Å². The first-order valence-electron chi connectivity index (χ1n) is 11.8. The molecule has 0 spiro atoms. The van der Waals surface area contributed by atoms with Crippen molar-refractivity contribution in [1.82, 2.24) is 13.9 Å².